The van der Waals surface area contributed by atoms with Crippen LogP contribution < -0.4 is 5.32 Å². The van der Waals surface area contributed by atoms with Gasteiger partial charge in [0.1, 0.15) is 10.9 Å². The van der Waals surface area contributed by atoms with E-state index in [0.29, 0.717) is 22.7 Å². The molecule has 0 fully saturated rings. The molecule has 0 saturated carbocycles. The van der Waals surface area contributed by atoms with Gasteiger partial charge in [-0.25, -0.2) is 4.98 Å². The van der Waals surface area contributed by atoms with Crippen LogP contribution in [0.15, 0.2) is 46.9 Å². The van der Waals surface area contributed by atoms with E-state index in [2.05, 4.69) is 29.4 Å². The second-order valence-electron chi connectivity index (χ2n) is 5.18. The maximum Gasteiger partial charge on any atom is 0.235 e. The molecule has 1 N–H and O–H groups in total. The van der Waals surface area contributed by atoms with Crippen molar-refractivity contribution >= 4 is 34.5 Å². The largest absolute Gasteiger partial charge is 0.436 e. The fraction of sp³-hybridized carbons (Fsp3) is 0.167. The summed E-state index contributed by atoms with van der Waals surface area (Å²) in [4.78, 5) is 16.2. The summed E-state index contributed by atoms with van der Waals surface area (Å²) < 4.78 is 5.78. The molecule has 0 aliphatic carbocycles. The number of thioether (sulfide) groups is 1. The molecule has 1 heterocycles. The highest BCUT2D eigenvalue weighted by Crippen LogP contribution is 2.26. The van der Waals surface area contributed by atoms with Gasteiger partial charge < -0.3 is 9.73 Å². The molecular formula is C18H15N3O2S. The Morgan fingerprint density at radius 3 is 2.79 bits per heavy atom. The number of hydrogen-bond acceptors (Lipinski definition) is 5. The Bertz CT molecular complexity index is 910. The lowest BCUT2D eigenvalue weighted by molar-refractivity contribution is -0.113. The molecule has 0 spiro atoms. The minimum atomic E-state index is -0.222. The van der Waals surface area contributed by atoms with Gasteiger partial charge in [0, 0.05) is 11.3 Å². The number of aromatic nitrogens is 1. The van der Waals surface area contributed by atoms with E-state index in [1.165, 1.54) is 5.56 Å². The van der Waals surface area contributed by atoms with Gasteiger partial charge in [0.25, 0.3) is 0 Å². The first-order chi connectivity index (χ1) is 11.7. The predicted molar refractivity (Wildman–Crippen MR) is 95.5 cm³/mol. The molecule has 120 valence electrons. The molecule has 6 heteroatoms. The van der Waals surface area contributed by atoms with Crippen molar-refractivity contribution in [3.05, 3.63) is 48.0 Å². The molecule has 0 saturated heterocycles. The minimum absolute atomic E-state index is 0.0996. The summed E-state index contributed by atoms with van der Waals surface area (Å²) in [5.41, 5.74) is 4.14. The highest BCUT2D eigenvalue weighted by atomic mass is 32.2. The number of thiocyanates is 1. The number of oxazole rings is 1. The molecule has 1 amide bonds. The molecule has 0 unspecified atom stereocenters. The second-order valence-corrected chi connectivity index (χ2v) is 5.94. The van der Waals surface area contributed by atoms with Gasteiger partial charge in [-0.1, -0.05) is 19.1 Å². The highest BCUT2D eigenvalue weighted by Gasteiger charge is 2.10. The topological polar surface area (TPSA) is 78.9 Å². The van der Waals surface area contributed by atoms with Crippen molar-refractivity contribution in [3.63, 3.8) is 0 Å². The Hall–Kier alpha value is -2.78. The molecule has 24 heavy (non-hydrogen) atoms. The number of anilines is 1. The number of carbonyl (C=O) groups excluding carboxylic acids is 1. The number of nitrogens with one attached hydrogen (secondary N) is 1. The van der Waals surface area contributed by atoms with Gasteiger partial charge in [0.2, 0.25) is 11.8 Å². The number of amides is 1. The Kier molecular flexibility index (Phi) is 4.82. The smallest absolute Gasteiger partial charge is 0.235 e. The first kappa shape index (κ1) is 16.1. The standard InChI is InChI=1S/C18H15N3O2S/c1-2-12-3-5-13(6-4-12)18-21-15-9-14(7-8-16(15)23-18)20-17(22)10-24-11-19/h3-9H,2,10H2,1H3,(H,20,22). The van der Waals surface area contributed by atoms with Gasteiger partial charge >= 0.3 is 0 Å². The monoisotopic (exact) mass is 337 g/mol. The van der Waals surface area contributed by atoms with Crippen molar-refractivity contribution in [1.29, 1.82) is 5.26 Å². The first-order valence-electron chi connectivity index (χ1n) is 7.50. The normalized spacial score (nSPS) is 10.5. The number of fused-ring (bicyclic) bond motifs is 1. The van der Waals surface area contributed by atoms with E-state index in [9.17, 15) is 4.79 Å². The zero-order valence-electron chi connectivity index (χ0n) is 13.1. The summed E-state index contributed by atoms with van der Waals surface area (Å²) >= 11 is 0.903. The fourth-order valence-corrected chi connectivity index (χ4v) is 2.57. The Balaban J connectivity index is 1.83. The van der Waals surface area contributed by atoms with Crippen molar-refractivity contribution in [3.8, 4) is 16.9 Å². The Labute approximate surface area is 143 Å². The van der Waals surface area contributed by atoms with Crippen LogP contribution in [0, 0.1) is 10.7 Å². The lowest BCUT2D eigenvalue weighted by atomic mass is 10.1. The van der Waals surface area contributed by atoms with Crippen LogP contribution in [0.5, 0.6) is 0 Å². The molecule has 1 aromatic heterocycles. The summed E-state index contributed by atoms with van der Waals surface area (Å²) in [5, 5.41) is 13.1. The van der Waals surface area contributed by atoms with Crippen LogP contribution in [-0.4, -0.2) is 16.6 Å². The summed E-state index contributed by atoms with van der Waals surface area (Å²) in [5.74, 6) is 0.429. The summed E-state index contributed by atoms with van der Waals surface area (Å²) in [7, 11) is 0. The number of nitrogens with zero attached hydrogens (tertiary/aromatic N) is 2. The van der Waals surface area contributed by atoms with Crippen molar-refractivity contribution in [2.24, 2.45) is 0 Å². The van der Waals surface area contributed by atoms with Crippen molar-refractivity contribution in [1.82, 2.24) is 4.98 Å². The van der Waals surface area contributed by atoms with Gasteiger partial charge in [-0.15, -0.1) is 0 Å². The molecule has 0 bridgehead atoms. The third-order valence-corrected chi connectivity index (χ3v) is 4.08. The van der Waals surface area contributed by atoms with Crippen molar-refractivity contribution in [2.75, 3.05) is 11.1 Å². The summed E-state index contributed by atoms with van der Waals surface area (Å²) in [6, 6.07) is 13.4. The van der Waals surface area contributed by atoms with E-state index >= 15 is 0 Å². The van der Waals surface area contributed by atoms with Crippen LogP contribution >= 0.6 is 11.8 Å². The van der Waals surface area contributed by atoms with E-state index in [4.69, 9.17) is 9.68 Å². The van der Waals surface area contributed by atoms with Crippen LogP contribution in [-0.2, 0) is 11.2 Å². The first-order valence-corrected chi connectivity index (χ1v) is 8.49. The SMILES string of the molecule is CCc1ccc(-c2nc3cc(NC(=O)CSC#N)ccc3o2)cc1. The van der Waals surface area contributed by atoms with Gasteiger partial charge in [-0.3, -0.25) is 4.79 Å². The van der Waals surface area contributed by atoms with Crippen molar-refractivity contribution < 1.29 is 9.21 Å². The maximum absolute atomic E-state index is 11.7. The Morgan fingerprint density at radius 1 is 1.29 bits per heavy atom. The van der Waals surface area contributed by atoms with E-state index < -0.39 is 0 Å². The lowest BCUT2D eigenvalue weighted by Crippen LogP contribution is -2.13. The molecule has 0 aliphatic rings. The zero-order chi connectivity index (χ0) is 16.9. The molecule has 2 aromatic carbocycles. The highest BCUT2D eigenvalue weighted by molar-refractivity contribution is 8.04. The van der Waals surface area contributed by atoms with E-state index in [0.717, 1.165) is 23.7 Å². The van der Waals surface area contributed by atoms with E-state index in [1.807, 2.05) is 17.5 Å². The second kappa shape index (κ2) is 7.20. The molecule has 0 radical (unpaired) electrons. The lowest BCUT2D eigenvalue weighted by Gasteiger charge is -2.02. The maximum atomic E-state index is 11.7. The summed E-state index contributed by atoms with van der Waals surface area (Å²) in [6.45, 7) is 2.11. The quantitative estimate of drug-likeness (QED) is 0.706. The van der Waals surface area contributed by atoms with Gasteiger partial charge in [-0.2, -0.15) is 5.26 Å². The average Bonchev–Trinajstić information content (AvgIpc) is 3.03. The fourth-order valence-electron chi connectivity index (χ4n) is 2.31. The average molecular weight is 337 g/mol. The van der Waals surface area contributed by atoms with Crippen molar-refractivity contribution in [2.45, 2.75) is 13.3 Å². The number of nitriles is 1. The number of hydrogen-bond donors (Lipinski definition) is 1. The number of benzene rings is 2. The Morgan fingerprint density at radius 2 is 2.08 bits per heavy atom. The predicted octanol–water partition coefficient (Wildman–Crippen LogP) is 4.21. The van der Waals surface area contributed by atoms with Gasteiger partial charge in [0.05, 0.1) is 5.75 Å². The van der Waals surface area contributed by atoms with Crippen LogP contribution in [0.25, 0.3) is 22.6 Å². The third-order valence-electron chi connectivity index (χ3n) is 3.55. The van der Waals surface area contributed by atoms with Gasteiger partial charge in [-0.05, 0) is 54.1 Å². The van der Waals surface area contributed by atoms with E-state index in [-0.39, 0.29) is 11.7 Å². The van der Waals surface area contributed by atoms with E-state index in [1.54, 1.807) is 18.2 Å². The van der Waals surface area contributed by atoms with Gasteiger partial charge in [0.15, 0.2) is 5.58 Å². The molecular weight excluding hydrogens is 322 g/mol. The number of rotatable bonds is 5. The van der Waals surface area contributed by atoms with Crippen LogP contribution in [0.1, 0.15) is 12.5 Å². The number of carbonyl (C=O) groups is 1. The van der Waals surface area contributed by atoms with Crippen LogP contribution in [0.2, 0.25) is 0 Å². The van der Waals surface area contributed by atoms with Crippen LogP contribution in [0.4, 0.5) is 5.69 Å². The molecule has 0 atom stereocenters. The van der Waals surface area contributed by atoms with Crippen LogP contribution in [0.3, 0.4) is 0 Å². The minimum Gasteiger partial charge on any atom is -0.436 e. The third kappa shape index (κ3) is 3.58. The molecule has 5 nitrogen and oxygen atoms in total. The zero-order valence-corrected chi connectivity index (χ0v) is 13.9. The molecule has 3 rings (SSSR count). The molecule has 3 aromatic rings. The molecule has 0 aliphatic heterocycles. The number of aryl methyl sites for hydroxylation is 1. The summed E-state index contributed by atoms with van der Waals surface area (Å²) in [6.07, 6.45) is 0.987.